The van der Waals surface area contributed by atoms with E-state index in [1.54, 1.807) is 0 Å². The zero-order chi connectivity index (χ0) is 13.3. The Balaban J connectivity index is 1.96. The van der Waals surface area contributed by atoms with Crippen LogP contribution >= 0.6 is 0 Å². The normalized spacial score (nSPS) is 26.3. The van der Waals surface area contributed by atoms with Crippen molar-refractivity contribution in [2.24, 2.45) is 5.92 Å². The van der Waals surface area contributed by atoms with Crippen LogP contribution in [0, 0.1) is 5.92 Å². The fraction of sp³-hybridized carbons (Fsp3) is 0.818. The number of hydrogen-bond acceptors (Lipinski definition) is 4. The van der Waals surface area contributed by atoms with Crippen molar-refractivity contribution >= 4 is 21.8 Å². The summed E-state index contributed by atoms with van der Waals surface area (Å²) in [4.78, 5) is 23.9. The highest BCUT2D eigenvalue weighted by atomic mass is 32.2. The van der Waals surface area contributed by atoms with Crippen LogP contribution in [0.2, 0.25) is 0 Å². The predicted molar refractivity (Wildman–Crippen MR) is 65.1 cm³/mol. The second kappa shape index (κ2) is 4.97. The van der Waals surface area contributed by atoms with Gasteiger partial charge in [-0.1, -0.05) is 12.8 Å². The first-order valence-electron chi connectivity index (χ1n) is 6.19. The maximum Gasteiger partial charge on any atom is 0.247 e. The number of nitrogens with zero attached hydrogens (tertiary/aromatic N) is 1. The molecule has 2 fully saturated rings. The second-order valence-corrected chi connectivity index (χ2v) is 6.90. The molecule has 1 N–H and O–H groups in total. The SMILES string of the molecule is CN1C(=O)CC(NS(=O)(=O)CC2CCCC2)C1=O. The lowest BCUT2D eigenvalue weighted by atomic mass is 10.1. The Morgan fingerprint density at radius 2 is 1.89 bits per heavy atom. The fourth-order valence-corrected chi connectivity index (χ4v) is 4.27. The molecular formula is C11H18N2O4S. The number of sulfonamides is 1. The van der Waals surface area contributed by atoms with Crippen molar-refractivity contribution in [2.75, 3.05) is 12.8 Å². The average Bonchev–Trinajstić information content (AvgIpc) is 2.84. The van der Waals surface area contributed by atoms with Gasteiger partial charge in [0.1, 0.15) is 6.04 Å². The molecule has 2 aliphatic rings. The van der Waals surface area contributed by atoms with Crippen molar-refractivity contribution in [3.63, 3.8) is 0 Å². The van der Waals surface area contributed by atoms with Crippen molar-refractivity contribution in [1.29, 1.82) is 0 Å². The summed E-state index contributed by atoms with van der Waals surface area (Å²) in [6, 6.07) is -0.908. The molecule has 1 saturated carbocycles. The van der Waals surface area contributed by atoms with Gasteiger partial charge in [0.2, 0.25) is 21.8 Å². The zero-order valence-electron chi connectivity index (χ0n) is 10.4. The molecule has 0 aromatic heterocycles. The molecule has 102 valence electrons. The van der Waals surface area contributed by atoms with Crippen LogP contribution in [0.4, 0.5) is 0 Å². The largest absolute Gasteiger partial charge is 0.284 e. The van der Waals surface area contributed by atoms with Gasteiger partial charge in [0.15, 0.2) is 0 Å². The van der Waals surface area contributed by atoms with Gasteiger partial charge in [-0.25, -0.2) is 13.1 Å². The minimum Gasteiger partial charge on any atom is -0.284 e. The Kier molecular flexibility index (Phi) is 3.72. The van der Waals surface area contributed by atoms with E-state index in [2.05, 4.69) is 4.72 Å². The van der Waals surface area contributed by atoms with Gasteiger partial charge in [-0.3, -0.25) is 14.5 Å². The molecule has 0 spiro atoms. The summed E-state index contributed by atoms with van der Waals surface area (Å²) in [5, 5.41) is 0. The molecule has 1 atom stereocenters. The summed E-state index contributed by atoms with van der Waals surface area (Å²) in [6.45, 7) is 0. The quantitative estimate of drug-likeness (QED) is 0.723. The van der Waals surface area contributed by atoms with Crippen LogP contribution in [-0.4, -0.2) is 44.0 Å². The number of carbonyl (C=O) groups excluding carboxylic acids is 2. The van der Waals surface area contributed by atoms with E-state index < -0.39 is 22.0 Å². The van der Waals surface area contributed by atoms with E-state index in [4.69, 9.17) is 0 Å². The van der Waals surface area contributed by atoms with Crippen LogP contribution in [0.3, 0.4) is 0 Å². The van der Waals surface area contributed by atoms with E-state index in [1.807, 2.05) is 0 Å². The average molecular weight is 274 g/mol. The van der Waals surface area contributed by atoms with Gasteiger partial charge in [-0.15, -0.1) is 0 Å². The Morgan fingerprint density at radius 1 is 1.28 bits per heavy atom. The van der Waals surface area contributed by atoms with Gasteiger partial charge < -0.3 is 0 Å². The molecule has 1 heterocycles. The predicted octanol–water partition coefficient (Wildman–Crippen LogP) is -0.147. The molecule has 6 nitrogen and oxygen atoms in total. The number of hydrogen-bond donors (Lipinski definition) is 1. The lowest BCUT2D eigenvalue weighted by Crippen LogP contribution is -2.42. The molecule has 0 aromatic rings. The summed E-state index contributed by atoms with van der Waals surface area (Å²) < 4.78 is 26.2. The summed E-state index contributed by atoms with van der Waals surface area (Å²) in [5.74, 6) is -0.551. The highest BCUT2D eigenvalue weighted by Crippen LogP contribution is 2.26. The van der Waals surface area contributed by atoms with Crippen molar-refractivity contribution in [2.45, 2.75) is 38.1 Å². The summed E-state index contributed by atoms with van der Waals surface area (Å²) in [5.41, 5.74) is 0. The molecule has 18 heavy (non-hydrogen) atoms. The van der Waals surface area contributed by atoms with Crippen LogP contribution in [0.1, 0.15) is 32.1 Å². The number of likely N-dealkylation sites (N-methyl/N-ethyl adjacent to an activating group) is 1. The van der Waals surface area contributed by atoms with Gasteiger partial charge >= 0.3 is 0 Å². The molecule has 1 aliphatic carbocycles. The van der Waals surface area contributed by atoms with Crippen LogP contribution < -0.4 is 4.72 Å². The minimum absolute atomic E-state index is 0.0642. The number of rotatable bonds is 4. The van der Waals surface area contributed by atoms with Gasteiger partial charge in [0.05, 0.1) is 12.2 Å². The van der Waals surface area contributed by atoms with E-state index in [0.717, 1.165) is 30.6 Å². The molecule has 2 rings (SSSR count). The molecular weight excluding hydrogens is 256 g/mol. The standard InChI is InChI=1S/C11H18N2O4S/c1-13-10(14)6-9(11(13)15)12-18(16,17)7-8-4-2-3-5-8/h8-9,12H,2-7H2,1H3. The van der Waals surface area contributed by atoms with Crippen molar-refractivity contribution in [3.8, 4) is 0 Å². The topological polar surface area (TPSA) is 83.6 Å². The molecule has 0 aromatic carbocycles. The van der Waals surface area contributed by atoms with Gasteiger partial charge in [0, 0.05) is 7.05 Å². The van der Waals surface area contributed by atoms with Crippen LogP contribution in [-0.2, 0) is 19.6 Å². The van der Waals surface area contributed by atoms with Crippen molar-refractivity contribution < 1.29 is 18.0 Å². The third kappa shape index (κ3) is 2.89. The number of carbonyl (C=O) groups is 2. The number of likely N-dealkylation sites (tertiary alicyclic amines) is 1. The molecule has 0 bridgehead atoms. The van der Waals surface area contributed by atoms with E-state index in [-0.39, 0.29) is 24.0 Å². The molecule has 1 saturated heterocycles. The Bertz CT molecular complexity index is 454. The molecule has 2 amide bonds. The van der Waals surface area contributed by atoms with Gasteiger partial charge in [0.25, 0.3) is 0 Å². The van der Waals surface area contributed by atoms with Crippen molar-refractivity contribution in [1.82, 2.24) is 9.62 Å². The molecule has 0 radical (unpaired) electrons. The van der Waals surface area contributed by atoms with Crippen LogP contribution in [0.15, 0.2) is 0 Å². The third-order valence-corrected chi connectivity index (χ3v) is 5.19. The Morgan fingerprint density at radius 3 is 2.39 bits per heavy atom. The van der Waals surface area contributed by atoms with E-state index in [9.17, 15) is 18.0 Å². The lowest BCUT2D eigenvalue weighted by Gasteiger charge is -2.14. The minimum atomic E-state index is -3.48. The fourth-order valence-electron chi connectivity index (χ4n) is 2.60. The maximum atomic E-state index is 11.9. The summed E-state index contributed by atoms with van der Waals surface area (Å²) in [6.07, 6.45) is 3.93. The van der Waals surface area contributed by atoms with Gasteiger partial charge in [-0.05, 0) is 18.8 Å². The first-order chi connectivity index (χ1) is 8.39. The molecule has 7 heteroatoms. The lowest BCUT2D eigenvalue weighted by molar-refractivity contribution is -0.137. The zero-order valence-corrected chi connectivity index (χ0v) is 11.2. The van der Waals surface area contributed by atoms with Crippen molar-refractivity contribution in [3.05, 3.63) is 0 Å². The molecule has 1 aliphatic heterocycles. The van der Waals surface area contributed by atoms with E-state index in [1.165, 1.54) is 7.05 Å². The first kappa shape index (κ1) is 13.5. The monoisotopic (exact) mass is 274 g/mol. The summed E-state index contributed by atoms with van der Waals surface area (Å²) >= 11 is 0. The van der Waals surface area contributed by atoms with Crippen LogP contribution in [0.25, 0.3) is 0 Å². The highest BCUT2D eigenvalue weighted by Gasteiger charge is 2.38. The Hall–Kier alpha value is -0.950. The smallest absolute Gasteiger partial charge is 0.247 e. The third-order valence-electron chi connectivity index (χ3n) is 3.63. The van der Waals surface area contributed by atoms with E-state index in [0.29, 0.717) is 0 Å². The number of amides is 2. The molecule has 1 unspecified atom stereocenters. The first-order valence-corrected chi connectivity index (χ1v) is 7.84. The number of nitrogens with one attached hydrogen (secondary N) is 1. The van der Waals surface area contributed by atoms with E-state index >= 15 is 0 Å². The second-order valence-electron chi connectivity index (χ2n) is 5.10. The van der Waals surface area contributed by atoms with Crippen LogP contribution in [0.5, 0.6) is 0 Å². The maximum absolute atomic E-state index is 11.9. The summed E-state index contributed by atoms with van der Waals surface area (Å²) in [7, 11) is -2.11. The Labute approximate surface area is 107 Å². The highest BCUT2D eigenvalue weighted by molar-refractivity contribution is 7.89. The number of imide groups is 1. The van der Waals surface area contributed by atoms with Gasteiger partial charge in [-0.2, -0.15) is 0 Å².